The number of rotatable bonds is 4. The average molecular weight is 378 g/mol. The number of hydrogen-bond acceptors (Lipinski definition) is 2. The summed E-state index contributed by atoms with van der Waals surface area (Å²) in [5, 5.41) is 9.43. The quantitative estimate of drug-likeness (QED) is 0.753. The first-order valence-electron chi connectivity index (χ1n) is 7.11. The average Bonchev–Trinajstić information content (AvgIpc) is 2.53. The summed E-state index contributed by atoms with van der Waals surface area (Å²) in [6.45, 7) is 1.09. The summed E-state index contributed by atoms with van der Waals surface area (Å²) in [5.41, 5.74) is -4.11. The van der Waals surface area contributed by atoms with Gasteiger partial charge in [-0.25, -0.2) is 4.79 Å². The van der Waals surface area contributed by atoms with Crippen molar-refractivity contribution in [3.05, 3.63) is 65.2 Å². The van der Waals surface area contributed by atoms with Crippen molar-refractivity contribution in [3.63, 3.8) is 0 Å². The van der Waals surface area contributed by atoms with Gasteiger partial charge < -0.3 is 9.84 Å². The van der Waals surface area contributed by atoms with Crippen LogP contribution in [0.2, 0.25) is 0 Å². The predicted octanol–water partition coefficient (Wildman–Crippen LogP) is 5.10. The van der Waals surface area contributed by atoms with E-state index in [1.54, 1.807) is 0 Å². The Hall–Kier alpha value is -2.71. The minimum atomic E-state index is -4.59. The highest BCUT2D eigenvalue weighted by Crippen LogP contribution is 2.35. The van der Waals surface area contributed by atoms with E-state index in [1.165, 1.54) is 0 Å². The third-order valence-electron chi connectivity index (χ3n) is 3.67. The molecule has 2 aromatic carbocycles. The Balaban J connectivity index is 2.34. The molecule has 0 aliphatic heterocycles. The van der Waals surface area contributed by atoms with E-state index in [9.17, 15) is 36.2 Å². The fourth-order valence-electron chi connectivity index (χ4n) is 2.15. The lowest BCUT2D eigenvalue weighted by molar-refractivity contribution is -0.154. The van der Waals surface area contributed by atoms with Crippen molar-refractivity contribution in [1.29, 1.82) is 0 Å². The maximum Gasteiger partial charge on any atom is 0.416 e. The van der Waals surface area contributed by atoms with Crippen molar-refractivity contribution in [2.24, 2.45) is 0 Å². The first kappa shape index (κ1) is 19.6. The largest absolute Gasteiger partial charge is 0.478 e. The van der Waals surface area contributed by atoms with Crippen molar-refractivity contribution < 1.29 is 41.0 Å². The molecule has 1 unspecified atom stereocenters. The van der Waals surface area contributed by atoms with E-state index >= 15 is 0 Å². The number of benzene rings is 2. The van der Waals surface area contributed by atoms with Gasteiger partial charge in [-0.15, -0.1) is 0 Å². The molecular weight excluding hydrogens is 366 g/mol. The van der Waals surface area contributed by atoms with Gasteiger partial charge in [0.25, 0.3) is 0 Å². The molecule has 0 saturated heterocycles. The van der Waals surface area contributed by atoms with Crippen LogP contribution in [-0.2, 0) is 22.7 Å². The van der Waals surface area contributed by atoms with E-state index in [0.717, 1.165) is 31.2 Å². The Morgan fingerprint density at radius 1 is 0.769 bits per heavy atom. The van der Waals surface area contributed by atoms with Crippen LogP contribution in [0, 0.1) is 0 Å². The summed E-state index contributed by atoms with van der Waals surface area (Å²) in [7, 11) is 0. The second kappa shape index (κ2) is 6.54. The normalized spacial score (nSPS) is 14.6. The number of hydrogen-bond donors (Lipinski definition) is 1. The molecule has 0 fully saturated rings. The summed E-state index contributed by atoms with van der Waals surface area (Å²) in [6.07, 6.45) is -9.16. The number of carboxylic acids is 1. The molecule has 2 aromatic rings. The molecule has 0 spiro atoms. The number of carbonyl (C=O) groups is 1. The van der Waals surface area contributed by atoms with E-state index in [4.69, 9.17) is 4.74 Å². The van der Waals surface area contributed by atoms with Crippen LogP contribution in [0.1, 0.15) is 23.6 Å². The highest BCUT2D eigenvalue weighted by atomic mass is 19.4. The molecule has 0 aromatic heterocycles. The monoisotopic (exact) mass is 378 g/mol. The Bertz CT molecular complexity index is 778. The first-order valence-corrected chi connectivity index (χ1v) is 7.11. The molecule has 0 amide bonds. The number of alkyl halides is 6. The lowest BCUT2D eigenvalue weighted by Crippen LogP contribution is -2.38. The van der Waals surface area contributed by atoms with Crippen LogP contribution < -0.4 is 4.74 Å². The van der Waals surface area contributed by atoms with Crippen molar-refractivity contribution in [1.82, 2.24) is 0 Å². The number of halogens is 6. The third kappa shape index (κ3) is 4.09. The molecule has 0 bridgehead atoms. The van der Waals surface area contributed by atoms with E-state index in [1.807, 2.05) is 0 Å². The standard InChI is InChI=1S/C17H12F6O3/c1-15(14(24)25,10-2-4-11(5-3-10)16(18,19)20)26-13-8-6-12(7-9-13)17(21,22)23/h2-9H,1H3,(H,24,25). The molecule has 26 heavy (non-hydrogen) atoms. The van der Waals surface area contributed by atoms with Gasteiger partial charge in [0.15, 0.2) is 0 Å². The molecule has 0 saturated carbocycles. The van der Waals surface area contributed by atoms with Crippen LogP contribution in [0.25, 0.3) is 0 Å². The highest BCUT2D eigenvalue weighted by Gasteiger charge is 2.39. The number of carboxylic acid groups (broad SMARTS) is 1. The Labute approximate surface area is 143 Å². The summed E-state index contributed by atoms with van der Waals surface area (Å²) in [5.74, 6) is -1.69. The zero-order valence-electron chi connectivity index (χ0n) is 13.2. The highest BCUT2D eigenvalue weighted by molar-refractivity contribution is 5.79. The lowest BCUT2D eigenvalue weighted by Gasteiger charge is -2.27. The zero-order valence-corrected chi connectivity index (χ0v) is 13.2. The molecular formula is C17H12F6O3. The van der Waals surface area contributed by atoms with Crippen LogP contribution in [-0.4, -0.2) is 11.1 Å². The molecule has 0 aliphatic rings. The van der Waals surface area contributed by atoms with Gasteiger partial charge in [-0.1, -0.05) is 12.1 Å². The van der Waals surface area contributed by atoms with Crippen molar-refractivity contribution >= 4 is 5.97 Å². The van der Waals surface area contributed by atoms with Crippen molar-refractivity contribution in [3.8, 4) is 5.75 Å². The smallest absolute Gasteiger partial charge is 0.416 e. The maximum absolute atomic E-state index is 12.6. The van der Waals surface area contributed by atoms with Crippen molar-refractivity contribution in [2.45, 2.75) is 24.9 Å². The minimum absolute atomic E-state index is 0.0992. The topological polar surface area (TPSA) is 46.5 Å². The maximum atomic E-state index is 12.6. The lowest BCUT2D eigenvalue weighted by atomic mass is 9.94. The molecule has 9 heteroatoms. The predicted molar refractivity (Wildman–Crippen MR) is 78.5 cm³/mol. The molecule has 0 radical (unpaired) electrons. The van der Waals surface area contributed by atoms with Crippen LogP contribution in [0.4, 0.5) is 26.3 Å². The molecule has 2 rings (SSSR count). The van der Waals surface area contributed by atoms with Gasteiger partial charge in [-0.2, -0.15) is 26.3 Å². The third-order valence-corrected chi connectivity index (χ3v) is 3.67. The van der Waals surface area contributed by atoms with E-state index in [0.29, 0.717) is 24.3 Å². The van der Waals surface area contributed by atoms with E-state index in [-0.39, 0.29) is 11.3 Å². The second-order valence-corrected chi connectivity index (χ2v) is 5.54. The van der Waals surface area contributed by atoms with Gasteiger partial charge in [0, 0.05) is 5.56 Å². The van der Waals surface area contributed by atoms with Gasteiger partial charge >= 0.3 is 18.3 Å². The fourth-order valence-corrected chi connectivity index (χ4v) is 2.15. The molecule has 3 nitrogen and oxygen atoms in total. The van der Waals surface area contributed by atoms with Gasteiger partial charge in [0.2, 0.25) is 5.60 Å². The number of aliphatic carboxylic acids is 1. The minimum Gasteiger partial charge on any atom is -0.478 e. The number of ether oxygens (including phenoxy) is 1. The zero-order chi connectivity index (χ0) is 19.8. The molecule has 1 N–H and O–H groups in total. The SMILES string of the molecule is CC(Oc1ccc(C(F)(F)F)cc1)(C(=O)O)c1ccc(C(F)(F)F)cc1. The van der Waals surface area contributed by atoms with Crippen molar-refractivity contribution in [2.75, 3.05) is 0 Å². The summed E-state index contributed by atoms with van der Waals surface area (Å²) < 4.78 is 80.8. The van der Waals surface area contributed by atoms with Crippen LogP contribution in [0.3, 0.4) is 0 Å². The first-order chi connectivity index (χ1) is 11.8. The summed E-state index contributed by atoms with van der Waals surface area (Å²) >= 11 is 0. The van der Waals surface area contributed by atoms with Gasteiger partial charge in [-0.3, -0.25) is 0 Å². The Morgan fingerprint density at radius 3 is 1.46 bits per heavy atom. The fraction of sp³-hybridized carbons (Fsp3) is 0.235. The molecule has 0 aliphatic carbocycles. The van der Waals surface area contributed by atoms with Crippen LogP contribution in [0.15, 0.2) is 48.5 Å². The second-order valence-electron chi connectivity index (χ2n) is 5.54. The van der Waals surface area contributed by atoms with Gasteiger partial charge in [-0.05, 0) is 43.3 Å². The van der Waals surface area contributed by atoms with Gasteiger partial charge in [0.1, 0.15) is 5.75 Å². The molecule has 0 heterocycles. The van der Waals surface area contributed by atoms with Crippen LogP contribution in [0.5, 0.6) is 5.75 Å². The van der Waals surface area contributed by atoms with Crippen LogP contribution >= 0.6 is 0 Å². The molecule has 1 atom stereocenters. The van der Waals surface area contributed by atoms with E-state index in [2.05, 4.69) is 0 Å². The van der Waals surface area contributed by atoms with E-state index < -0.39 is 35.0 Å². The summed E-state index contributed by atoms with van der Waals surface area (Å²) in [6, 6.07) is 6.60. The Kier molecular flexibility index (Phi) is 4.94. The molecule has 140 valence electrons. The summed E-state index contributed by atoms with van der Waals surface area (Å²) in [4.78, 5) is 11.6. The Morgan fingerprint density at radius 2 is 1.12 bits per heavy atom. The van der Waals surface area contributed by atoms with Gasteiger partial charge in [0.05, 0.1) is 11.1 Å².